The summed E-state index contributed by atoms with van der Waals surface area (Å²) in [5.41, 5.74) is 3.06. The molecule has 0 saturated carbocycles. The van der Waals surface area contributed by atoms with Crippen LogP contribution >= 0.6 is 0 Å². The van der Waals surface area contributed by atoms with E-state index in [1.807, 2.05) is 19.1 Å². The van der Waals surface area contributed by atoms with Crippen molar-refractivity contribution in [2.75, 3.05) is 26.1 Å². The number of alkyl halides is 3. The van der Waals surface area contributed by atoms with Crippen molar-refractivity contribution in [2.24, 2.45) is 0 Å². The zero-order valence-electron chi connectivity index (χ0n) is 25.1. The summed E-state index contributed by atoms with van der Waals surface area (Å²) in [6.45, 7) is 3.45. The highest BCUT2D eigenvalue weighted by Gasteiger charge is 2.42. The van der Waals surface area contributed by atoms with E-state index in [9.17, 15) is 27.9 Å². The molecule has 13 heteroatoms. The second kappa shape index (κ2) is 12.1. The van der Waals surface area contributed by atoms with E-state index in [0.29, 0.717) is 28.5 Å². The number of carbonyl (C=O) groups is 2. The predicted octanol–water partition coefficient (Wildman–Crippen LogP) is 6.39. The number of halogens is 3. The highest BCUT2D eigenvalue weighted by atomic mass is 19.4. The second-order valence-electron chi connectivity index (χ2n) is 10.8. The molecule has 4 aromatic rings. The van der Waals surface area contributed by atoms with Gasteiger partial charge in [-0.05, 0) is 66.9 Å². The van der Waals surface area contributed by atoms with Gasteiger partial charge in [-0.1, -0.05) is 18.2 Å². The van der Waals surface area contributed by atoms with Crippen LogP contribution in [0.3, 0.4) is 0 Å². The molecule has 1 aliphatic rings. The van der Waals surface area contributed by atoms with Gasteiger partial charge in [0.05, 0.1) is 36.6 Å². The van der Waals surface area contributed by atoms with Gasteiger partial charge in [0, 0.05) is 31.4 Å². The molecular weight excluding hydrogens is 591 g/mol. The second-order valence-corrected chi connectivity index (χ2v) is 10.8. The molecule has 1 aliphatic heterocycles. The lowest BCUT2D eigenvalue weighted by Crippen LogP contribution is -2.32. The van der Waals surface area contributed by atoms with E-state index in [0.717, 1.165) is 22.8 Å². The first-order chi connectivity index (χ1) is 21.3. The first kappa shape index (κ1) is 31.2. The number of rotatable bonds is 8. The monoisotopic (exact) mass is 621 g/mol. The number of cyclic esters (lactones) is 1. The minimum Gasteiger partial charge on any atom is -0.496 e. The van der Waals surface area contributed by atoms with Crippen LogP contribution in [0, 0.1) is 6.92 Å². The predicted molar refractivity (Wildman–Crippen MR) is 159 cm³/mol. The number of carboxylic acid groups (broad SMARTS) is 1. The van der Waals surface area contributed by atoms with Crippen molar-refractivity contribution in [3.05, 3.63) is 89.0 Å². The summed E-state index contributed by atoms with van der Waals surface area (Å²) in [6, 6.07) is 13.2. The molecule has 45 heavy (non-hydrogen) atoms. The van der Waals surface area contributed by atoms with Crippen molar-refractivity contribution in [2.45, 2.75) is 38.7 Å². The van der Waals surface area contributed by atoms with E-state index < -0.39 is 36.1 Å². The number of aromatic nitrogens is 3. The Morgan fingerprint density at radius 1 is 1.07 bits per heavy atom. The number of aryl methyl sites for hydroxylation is 1. The third kappa shape index (κ3) is 6.24. The lowest BCUT2D eigenvalue weighted by Gasteiger charge is -2.23. The van der Waals surface area contributed by atoms with E-state index in [4.69, 9.17) is 14.5 Å². The summed E-state index contributed by atoms with van der Waals surface area (Å²) >= 11 is 0. The molecule has 0 bridgehead atoms. The van der Waals surface area contributed by atoms with Crippen molar-refractivity contribution in [3.63, 3.8) is 0 Å². The molecule has 0 radical (unpaired) electrons. The Morgan fingerprint density at radius 2 is 1.82 bits per heavy atom. The quantitative estimate of drug-likeness (QED) is 0.239. The van der Waals surface area contributed by atoms with E-state index in [1.165, 1.54) is 30.2 Å². The van der Waals surface area contributed by atoms with Crippen LogP contribution in [0.1, 0.15) is 46.0 Å². The Balaban J connectivity index is 1.55. The SMILES string of the molecule is COc1ccc(-c2ccc(C(=O)O)cc2C)cc1-c1cnc(N(C)C)nc1CN1C(=O)O[C@H](c2cccc(C(F)(F)F)n2)[C@@H]1C. The van der Waals surface area contributed by atoms with Crippen LogP contribution < -0.4 is 9.64 Å². The number of carboxylic acids is 1. The highest BCUT2D eigenvalue weighted by molar-refractivity contribution is 5.89. The van der Waals surface area contributed by atoms with Gasteiger partial charge in [-0.25, -0.2) is 24.5 Å². The number of pyridine rings is 1. The number of methoxy groups -OCH3 is 1. The van der Waals surface area contributed by atoms with Crippen LogP contribution in [-0.2, 0) is 17.5 Å². The molecule has 1 fully saturated rings. The van der Waals surface area contributed by atoms with Crippen LogP contribution in [0.15, 0.2) is 60.8 Å². The number of ether oxygens (including phenoxy) is 2. The fraction of sp³-hybridized carbons (Fsp3) is 0.281. The average molecular weight is 622 g/mol. The number of amides is 1. The zero-order chi connectivity index (χ0) is 32.6. The Morgan fingerprint density at radius 3 is 2.47 bits per heavy atom. The van der Waals surface area contributed by atoms with E-state index >= 15 is 0 Å². The molecule has 1 N–H and O–H groups in total. The molecule has 1 saturated heterocycles. The first-order valence-corrected chi connectivity index (χ1v) is 13.9. The van der Waals surface area contributed by atoms with Crippen molar-refractivity contribution in [1.82, 2.24) is 19.9 Å². The van der Waals surface area contributed by atoms with E-state index in [2.05, 4.69) is 9.97 Å². The minimum absolute atomic E-state index is 0.0104. The van der Waals surface area contributed by atoms with Crippen LogP contribution in [0.4, 0.5) is 23.9 Å². The maximum atomic E-state index is 13.3. The third-order valence-corrected chi connectivity index (χ3v) is 7.59. The molecule has 2 aromatic heterocycles. The largest absolute Gasteiger partial charge is 0.496 e. The smallest absolute Gasteiger partial charge is 0.433 e. The standard InChI is InChI=1S/C32H30F3N5O5/c1-17-13-20(29(41)42)9-11-21(17)19-10-12-26(44-5)22(14-19)23-15-36-30(39(3)4)38-25(23)16-40-18(2)28(45-31(40)43)24-7-6-8-27(37-24)32(33,34)35/h6-15,18,28H,16H2,1-5H3,(H,41,42)/t18-,28-/m0/s1. The van der Waals surface area contributed by atoms with Gasteiger partial charge in [0.25, 0.3) is 0 Å². The number of aromatic carboxylic acids is 1. The van der Waals surface area contributed by atoms with Crippen LogP contribution in [0.2, 0.25) is 0 Å². The summed E-state index contributed by atoms with van der Waals surface area (Å²) < 4.78 is 51.2. The molecule has 0 aliphatic carbocycles. The fourth-order valence-corrected chi connectivity index (χ4v) is 5.22. The van der Waals surface area contributed by atoms with Gasteiger partial charge in [0.15, 0.2) is 6.10 Å². The molecule has 234 valence electrons. The Bertz CT molecular complexity index is 1780. The molecule has 2 aromatic carbocycles. The van der Waals surface area contributed by atoms with E-state index in [1.54, 1.807) is 50.3 Å². The molecule has 0 spiro atoms. The Kier molecular flexibility index (Phi) is 8.37. The summed E-state index contributed by atoms with van der Waals surface area (Å²) in [4.78, 5) is 40.6. The third-order valence-electron chi connectivity index (χ3n) is 7.59. The van der Waals surface area contributed by atoms with Gasteiger partial charge in [-0.15, -0.1) is 0 Å². The van der Waals surface area contributed by atoms with Crippen LogP contribution in [-0.4, -0.2) is 64.3 Å². The number of nitrogens with zero attached hydrogens (tertiary/aromatic N) is 5. The average Bonchev–Trinajstić information content (AvgIpc) is 3.28. The van der Waals surface area contributed by atoms with Gasteiger partial charge >= 0.3 is 18.2 Å². The fourth-order valence-electron chi connectivity index (χ4n) is 5.22. The molecule has 0 unspecified atom stereocenters. The Hall–Kier alpha value is -5.20. The summed E-state index contributed by atoms with van der Waals surface area (Å²) in [5.74, 6) is -0.145. The van der Waals surface area contributed by atoms with Gasteiger partial charge in [0.2, 0.25) is 5.95 Å². The number of carbonyl (C=O) groups excluding carboxylic acids is 1. The maximum absolute atomic E-state index is 13.3. The Labute approximate surface area is 257 Å². The summed E-state index contributed by atoms with van der Waals surface area (Å²) in [5, 5.41) is 9.38. The number of benzene rings is 2. The van der Waals surface area contributed by atoms with Gasteiger partial charge < -0.3 is 19.5 Å². The van der Waals surface area contributed by atoms with Crippen LogP contribution in [0.25, 0.3) is 22.3 Å². The summed E-state index contributed by atoms with van der Waals surface area (Å²) in [6.07, 6.45) is -4.78. The normalized spacial score (nSPS) is 16.4. The molecular formula is C32H30F3N5O5. The molecule has 1 amide bonds. The van der Waals surface area contributed by atoms with Gasteiger partial charge in [-0.3, -0.25) is 4.90 Å². The first-order valence-electron chi connectivity index (χ1n) is 13.9. The summed E-state index contributed by atoms with van der Waals surface area (Å²) in [7, 11) is 5.06. The molecule has 3 heterocycles. The van der Waals surface area contributed by atoms with Gasteiger partial charge in [-0.2, -0.15) is 13.2 Å². The van der Waals surface area contributed by atoms with Crippen molar-refractivity contribution < 1.29 is 37.3 Å². The zero-order valence-corrected chi connectivity index (χ0v) is 25.1. The highest BCUT2D eigenvalue weighted by Crippen LogP contribution is 2.39. The van der Waals surface area contributed by atoms with E-state index in [-0.39, 0.29) is 17.8 Å². The van der Waals surface area contributed by atoms with Crippen molar-refractivity contribution >= 4 is 18.0 Å². The molecule has 10 nitrogen and oxygen atoms in total. The lowest BCUT2D eigenvalue weighted by molar-refractivity contribution is -0.141. The van der Waals surface area contributed by atoms with Crippen molar-refractivity contribution in [1.29, 1.82) is 0 Å². The molecule has 5 rings (SSSR count). The number of hydrogen-bond donors (Lipinski definition) is 1. The molecule has 2 atom stereocenters. The number of hydrogen-bond acceptors (Lipinski definition) is 8. The maximum Gasteiger partial charge on any atom is 0.433 e. The van der Waals surface area contributed by atoms with Crippen LogP contribution in [0.5, 0.6) is 5.75 Å². The van der Waals surface area contributed by atoms with Gasteiger partial charge in [0.1, 0.15) is 11.4 Å². The van der Waals surface area contributed by atoms with Crippen molar-refractivity contribution in [3.8, 4) is 28.0 Å². The topological polar surface area (TPSA) is 118 Å². The lowest BCUT2D eigenvalue weighted by atomic mass is 9.94. The minimum atomic E-state index is -4.65. The number of anilines is 1.